The second-order valence-electron chi connectivity index (χ2n) is 5.39. The van der Waals surface area contributed by atoms with E-state index in [1.807, 2.05) is 16.9 Å². The minimum Gasteiger partial charge on any atom is -0.274 e. The number of nitrogens with zero attached hydrogens (tertiary/aromatic N) is 2. The normalized spacial score (nSPS) is 15.4. The Bertz CT molecular complexity index is 740. The highest BCUT2D eigenvalue weighted by atomic mass is 79.9. The molecule has 6 nitrogen and oxygen atoms in total. The molecule has 0 saturated carbocycles. The molecule has 1 aliphatic rings. The Morgan fingerprint density at radius 2 is 1.96 bits per heavy atom. The summed E-state index contributed by atoms with van der Waals surface area (Å²) in [5.41, 5.74) is 2.19. The third-order valence-electron chi connectivity index (χ3n) is 3.34. The highest BCUT2D eigenvalue weighted by Gasteiger charge is 2.12. The van der Waals surface area contributed by atoms with Crippen LogP contribution in [0, 0.1) is 0 Å². The SMILES string of the molecule is CS(=O)(=O)NC(=O)CCC1=CC=C(c2ncc(Br)cn2)CCC1. The molecule has 0 unspecified atom stereocenters. The second-order valence-corrected chi connectivity index (χ2v) is 8.06. The van der Waals surface area contributed by atoms with Crippen molar-refractivity contribution in [3.63, 3.8) is 0 Å². The van der Waals surface area contributed by atoms with Crippen molar-refractivity contribution in [1.82, 2.24) is 14.7 Å². The Hall–Kier alpha value is -1.54. The number of nitrogens with one attached hydrogen (secondary N) is 1. The standard InChI is InChI=1S/C15H18BrN3O3S/c1-23(21,22)19-14(20)8-6-11-3-2-4-12(7-5-11)15-17-9-13(16)10-18-15/h5,7,9-10H,2-4,6,8H2,1H3,(H,19,20). The van der Waals surface area contributed by atoms with E-state index < -0.39 is 15.9 Å². The molecule has 0 saturated heterocycles. The molecule has 0 atom stereocenters. The number of allylic oxidation sites excluding steroid dienone is 4. The summed E-state index contributed by atoms with van der Waals surface area (Å²) in [6.45, 7) is 0. The molecule has 0 spiro atoms. The molecule has 0 fully saturated rings. The van der Waals surface area contributed by atoms with Gasteiger partial charge in [0, 0.05) is 18.8 Å². The van der Waals surface area contributed by atoms with E-state index in [9.17, 15) is 13.2 Å². The second kappa shape index (κ2) is 7.83. The molecule has 124 valence electrons. The van der Waals surface area contributed by atoms with Crippen molar-refractivity contribution in [3.8, 4) is 0 Å². The summed E-state index contributed by atoms with van der Waals surface area (Å²) < 4.78 is 24.8. The molecule has 1 N–H and O–H groups in total. The topological polar surface area (TPSA) is 89.0 Å². The first-order chi connectivity index (χ1) is 10.8. The number of hydrogen-bond donors (Lipinski definition) is 1. The van der Waals surface area contributed by atoms with Gasteiger partial charge in [-0.15, -0.1) is 0 Å². The molecule has 2 rings (SSSR count). The number of carbonyl (C=O) groups excluding carboxylic acids is 1. The van der Waals surface area contributed by atoms with Gasteiger partial charge in [-0.1, -0.05) is 17.7 Å². The van der Waals surface area contributed by atoms with Crippen LogP contribution in [-0.2, 0) is 14.8 Å². The van der Waals surface area contributed by atoms with Crippen molar-refractivity contribution in [3.05, 3.63) is 40.4 Å². The first kappa shape index (κ1) is 17.8. The highest BCUT2D eigenvalue weighted by Crippen LogP contribution is 2.25. The first-order valence-corrected chi connectivity index (χ1v) is 9.89. The lowest BCUT2D eigenvalue weighted by Crippen LogP contribution is -2.29. The Labute approximate surface area is 144 Å². The fourth-order valence-electron chi connectivity index (χ4n) is 2.30. The van der Waals surface area contributed by atoms with Crippen LogP contribution < -0.4 is 4.72 Å². The number of amides is 1. The van der Waals surface area contributed by atoms with Gasteiger partial charge < -0.3 is 0 Å². The van der Waals surface area contributed by atoms with Crippen LogP contribution in [0.3, 0.4) is 0 Å². The van der Waals surface area contributed by atoms with Gasteiger partial charge in [-0.05, 0) is 47.2 Å². The Morgan fingerprint density at radius 3 is 2.61 bits per heavy atom. The molecular formula is C15H18BrN3O3S. The lowest BCUT2D eigenvalue weighted by molar-refractivity contribution is -0.119. The van der Waals surface area contributed by atoms with E-state index in [0.717, 1.165) is 41.1 Å². The number of halogens is 1. The van der Waals surface area contributed by atoms with Crippen LogP contribution in [0.4, 0.5) is 0 Å². The highest BCUT2D eigenvalue weighted by molar-refractivity contribution is 9.10. The summed E-state index contributed by atoms with van der Waals surface area (Å²) in [5, 5.41) is 0. The molecule has 1 amide bonds. The van der Waals surface area contributed by atoms with Gasteiger partial charge in [0.15, 0.2) is 5.82 Å². The molecule has 23 heavy (non-hydrogen) atoms. The van der Waals surface area contributed by atoms with Gasteiger partial charge in [0.25, 0.3) is 0 Å². The summed E-state index contributed by atoms with van der Waals surface area (Å²) >= 11 is 3.31. The van der Waals surface area contributed by atoms with Gasteiger partial charge >= 0.3 is 0 Å². The van der Waals surface area contributed by atoms with E-state index in [0.29, 0.717) is 12.2 Å². The van der Waals surface area contributed by atoms with Gasteiger partial charge in [-0.2, -0.15) is 0 Å². The molecule has 1 aromatic heterocycles. The summed E-state index contributed by atoms with van der Waals surface area (Å²) in [6, 6.07) is 0. The van der Waals surface area contributed by atoms with Gasteiger partial charge in [-0.25, -0.2) is 18.4 Å². The van der Waals surface area contributed by atoms with E-state index in [4.69, 9.17) is 0 Å². The summed E-state index contributed by atoms with van der Waals surface area (Å²) in [5.74, 6) is 0.235. The number of aromatic nitrogens is 2. The zero-order valence-electron chi connectivity index (χ0n) is 12.8. The third kappa shape index (κ3) is 6.23. The monoisotopic (exact) mass is 399 g/mol. The van der Waals surface area contributed by atoms with Crippen molar-refractivity contribution in [2.75, 3.05) is 6.26 Å². The van der Waals surface area contributed by atoms with Crippen LogP contribution in [0.5, 0.6) is 0 Å². The minimum absolute atomic E-state index is 0.164. The molecule has 1 aliphatic carbocycles. The van der Waals surface area contributed by atoms with Crippen molar-refractivity contribution < 1.29 is 13.2 Å². The van der Waals surface area contributed by atoms with Gasteiger partial charge in [0.2, 0.25) is 15.9 Å². The molecule has 8 heteroatoms. The zero-order valence-corrected chi connectivity index (χ0v) is 15.2. The average molecular weight is 400 g/mol. The number of carbonyl (C=O) groups is 1. The maximum atomic E-state index is 11.5. The molecule has 0 aromatic carbocycles. The van der Waals surface area contributed by atoms with Gasteiger partial charge in [0.1, 0.15) is 0 Å². The average Bonchev–Trinajstić information content (AvgIpc) is 2.70. The van der Waals surface area contributed by atoms with E-state index in [-0.39, 0.29) is 6.42 Å². The number of sulfonamides is 1. The Morgan fingerprint density at radius 1 is 1.26 bits per heavy atom. The molecule has 1 aromatic rings. The maximum Gasteiger partial charge on any atom is 0.233 e. The van der Waals surface area contributed by atoms with Crippen LogP contribution in [0.25, 0.3) is 5.57 Å². The minimum atomic E-state index is -3.48. The zero-order chi connectivity index (χ0) is 16.9. The Kier molecular flexibility index (Phi) is 6.06. The Balaban J connectivity index is 1.99. The smallest absolute Gasteiger partial charge is 0.233 e. The maximum absolute atomic E-state index is 11.5. The predicted molar refractivity (Wildman–Crippen MR) is 91.9 cm³/mol. The van der Waals surface area contributed by atoms with E-state index in [1.54, 1.807) is 12.4 Å². The summed E-state index contributed by atoms with van der Waals surface area (Å²) in [7, 11) is -3.48. The predicted octanol–water partition coefficient (Wildman–Crippen LogP) is 2.59. The van der Waals surface area contributed by atoms with Gasteiger partial charge in [0.05, 0.1) is 10.7 Å². The largest absolute Gasteiger partial charge is 0.274 e. The lowest BCUT2D eigenvalue weighted by atomic mass is 10.0. The lowest BCUT2D eigenvalue weighted by Gasteiger charge is -2.05. The van der Waals surface area contributed by atoms with Crippen molar-refractivity contribution >= 4 is 37.4 Å². The first-order valence-electron chi connectivity index (χ1n) is 7.20. The molecule has 0 aliphatic heterocycles. The van der Waals surface area contributed by atoms with Crippen molar-refractivity contribution in [1.29, 1.82) is 0 Å². The van der Waals surface area contributed by atoms with Crippen LogP contribution in [0.2, 0.25) is 0 Å². The van der Waals surface area contributed by atoms with Crippen molar-refractivity contribution in [2.24, 2.45) is 0 Å². The molecular weight excluding hydrogens is 382 g/mol. The van der Waals surface area contributed by atoms with Crippen LogP contribution in [0.1, 0.15) is 37.9 Å². The fraction of sp³-hybridized carbons (Fsp3) is 0.400. The fourth-order valence-corrected chi connectivity index (χ4v) is 3.02. The summed E-state index contributed by atoms with van der Waals surface area (Å²) in [4.78, 5) is 20.1. The van der Waals surface area contributed by atoms with E-state index in [2.05, 4.69) is 25.9 Å². The van der Waals surface area contributed by atoms with Crippen molar-refractivity contribution in [2.45, 2.75) is 32.1 Å². The molecule has 1 heterocycles. The quantitative estimate of drug-likeness (QED) is 0.821. The number of hydrogen-bond acceptors (Lipinski definition) is 5. The van der Waals surface area contributed by atoms with Crippen LogP contribution in [0.15, 0.2) is 34.6 Å². The van der Waals surface area contributed by atoms with E-state index in [1.165, 1.54) is 0 Å². The number of rotatable bonds is 5. The molecule has 0 bridgehead atoms. The third-order valence-corrected chi connectivity index (χ3v) is 4.35. The molecule has 0 radical (unpaired) electrons. The summed E-state index contributed by atoms with van der Waals surface area (Å²) in [6.07, 6.45) is 11.8. The van der Waals surface area contributed by atoms with Crippen LogP contribution >= 0.6 is 15.9 Å². The van der Waals surface area contributed by atoms with E-state index >= 15 is 0 Å². The van der Waals surface area contributed by atoms with Gasteiger partial charge in [-0.3, -0.25) is 9.52 Å². The van der Waals surface area contributed by atoms with Crippen LogP contribution in [-0.4, -0.2) is 30.5 Å².